The molecule has 0 atom stereocenters. The molecule has 2 heteroatoms. The first-order chi connectivity index (χ1) is 42.4. The Balaban J connectivity index is 1.41. The largest absolute Gasteiger partial charge is 0.309 e. The van der Waals surface area contributed by atoms with Gasteiger partial charge < -0.3 is 9.13 Å². The molecule has 2 nitrogen and oxygen atoms in total. The summed E-state index contributed by atoms with van der Waals surface area (Å²) >= 11 is 0. The highest BCUT2D eigenvalue weighted by Gasteiger charge is 2.21. The third-order valence-electron chi connectivity index (χ3n) is 8.97. The molecule has 0 radical (unpaired) electrons. The Morgan fingerprint density at radius 2 is 0.772 bits per heavy atom. The minimum Gasteiger partial charge on any atom is -0.309 e. The molecule has 0 aliphatic rings. The number of nitrogens with zero attached hydrogens (tertiary/aromatic N) is 2. The molecule has 0 bridgehead atoms. The van der Waals surface area contributed by atoms with Crippen molar-refractivity contribution in [1.82, 2.24) is 9.13 Å². The lowest BCUT2D eigenvalue weighted by molar-refractivity contribution is 1.17. The van der Waals surface area contributed by atoms with Gasteiger partial charge in [-0.15, -0.1) is 0 Å². The zero-order valence-electron chi connectivity index (χ0n) is 63.0. The summed E-state index contributed by atoms with van der Waals surface area (Å²) in [5.41, 5.74) is -12.2. The first-order valence-electron chi connectivity index (χ1n) is 33.9. The van der Waals surface area contributed by atoms with Crippen LogP contribution in [-0.2, 0) is 0 Å². The Labute approximate surface area is 379 Å². The molecule has 0 aliphatic heterocycles. The Hall–Kier alpha value is -7.42. The standard InChI is InChI=1S/C55H38N2/c1-37-23-25-42(26-24-37)45-33-44(39-15-6-3-7-16-39)35-47(36-45)57-51-22-11-9-20-49(51)55-53(57)32-31-52-54(55)48-19-8-10-21-50(48)56(52)46-18-12-17-43(34-46)41-29-27-40(28-30-41)38-13-4-2-5-14-38/h2-36H,1H3/i2D,3D,4D,6D,7D,8D,9D,10D,11D,12D,13D,14D,15D,16D,17D,18D,19D,20D,21D,22D,23D,24D,25D,26D,27D,28D,29D,30D,31D,32D,33D,34D,35D,36D. The minimum absolute atomic E-state index is 0.215. The Bertz CT molecular complexity index is 5110. The van der Waals surface area contributed by atoms with Crippen LogP contribution in [0.1, 0.15) is 52.2 Å². The van der Waals surface area contributed by atoms with Gasteiger partial charge >= 0.3 is 0 Å². The molecule has 0 spiro atoms. The average molecular weight is 761 g/mol. The zero-order valence-corrected chi connectivity index (χ0v) is 29.0. The van der Waals surface area contributed by atoms with Crippen LogP contribution < -0.4 is 0 Å². The van der Waals surface area contributed by atoms with E-state index in [0.717, 1.165) is 6.07 Å². The minimum atomic E-state index is -1.17. The molecule has 0 saturated heterocycles. The highest BCUT2D eigenvalue weighted by molar-refractivity contribution is 6.29. The fraction of sp³-hybridized carbons (Fsp3) is 0.0182. The molecule has 0 amide bonds. The smallest absolute Gasteiger partial charge is 0.0651 e. The Morgan fingerprint density at radius 1 is 0.316 bits per heavy atom. The fourth-order valence-corrected chi connectivity index (χ4v) is 6.52. The van der Waals surface area contributed by atoms with Crippen molar-refractivity contribution in [3.8, 4) is 55.9 Å². The Kier molecular flexibility index (Phi) is 3.14. The van der Waals surface area contributed by atoms with Crippen LogP contribution in [0, 0.1) is 6.92 Å². The number of rotatable bonds is 6. The summed E-state index contributed by atoms with van der Waals surface area (Å²) in [5.74, 6) is 0. The van der Waals surface area contributed by atoms with E-state index in [1.54, 1.807) is 0 Å². The number of aromatic nitrogens is 2. The van der Waals surface area contributed by atoms with Gasteiger partial charge in [-0.25, -0.2) is 0 Å². The van der Waals surface area contributed by atoms with Gasteiger partial charge in [-0.3, -0.25) is 0 Å². The molecule has 0 aliphatic carbocycles. The number of fused-ring (bicyclic) bond motifs is 7. The third-order valence-corrected chi connectivity index (χ3v) is 8.97. The van der Waals surface area contributed by atoms with Crippen molar-refractivity contribution in [1.29, 1.82) is 0 Å². The summed E-state index contributed by atoms with van der Waals surface area (Å²) in [6.45, 7) is 1.23. The maximum atomic E-state index is 10.1. The van der Waals surface area contributed by atoms with Crippen LogP contribution >= 0.6 is 0 Å². The summed E-state index contributed by atoms with van der Waals surface area (Å²) in [5, 5.41) is -2.74. The maximum absolute atomic E-state index is 10.1. The van der Waals surface area contributed by atoms with Crippen molar-refractivity contribution in [3.63, 3.8) is 0 Å². The van der Waals surface area contributed by atoms with E-state index >= 15 is 0 Å². The van der Waals surface area contributed by atoms with Crippen LogP contribution in [0.2, 0.25) is 0 Å². The lowest BCUT2D eigenvalue weighted by atomic mass is 9.97. The molecule has 0 fully saturated rings. The normalized spacial score (nSPS) is 19.9. The van der Waals surface area contributed by atoms with Crippen LogP contribution in [0.15, 0.2) is 212 Å². The second kappa shape index (κ2) is 13.4. The molecule has 11 rings (SSSR count). The van der Waals surface area contributed by atoms with E-state index in [1.165, 1.54) is 6.92 Å². The van der Waals surface area contributed by atoms with Gasteiger partial charge in [-0.2, -0.15) is 0 Å². The van der Waals surface area contributed by atoms with Crippen LogP contribution in [0.25, 0.3) is 99.5 Å². The van der Waals surface area contributed by atoms with E-state index in [4.69, 9.17) is 26.0 Å². The fourth-order valence-electron chi connectivity index (χ4n) is 6.52. The quantitative estimate of drug-likeness (QED) is 0.160. The molecule has 0 saturated carbocycles. The molecular weight excluding hydrogens is 689 g/mol. The maximum Gasteiger partial charge on any atom is 0.0651 e. The van der Waals surface area contributed by atoms with Gasteiger partial charge in [0.2, 0.25) is 0 Å². The number of hydrogen-bond acceptors (Lipinski definition) is 0. The molecule has 9 aromatic carbocycles. The lowest BCUT2D eigenvalue weighted by Gasteiger charge is -2.14. The number of benzene rings is 9. The van der Waals surface area contributed by atoms with E-state index < -0.39 is 305 Å². The zero-order chi connectivity index (χ0) is 67.5. The molecule has 268 valence electrons. The van der Waals surface area contributed by atoms with E-state index in [2.05, 4.69) is 0 Å². The summed E-state index contributed by atoms with van der Waals surface area (Å²) < 4.78 is 313. The molecule has 2 aromatic heterocycles. The first kappa shape index (κ1) is 13.4. The predicted octanol–water partition coefficient (Wildman–Crippen LogP) is 14.9. The molecule has 2 heterocycles. The highest BCUT2D eigenvalue weighted by Crippen LogP contribution is 2.43. The first-order valence-corrected chi connectivity index (χ1v) is 16.9. The van der Waals surface area contributed by atoms with E-state index in [9.17, 15) is 20.6 Å². The topological polar surface area (TPSA) is 9.86 Å². The highest BCUT2D eigenvalue weighted by atomic mass is 15.0. The van der Waals surface area contributed by atoms with Gasteiger partial charge in [0, 0.05) is 32.9 Å². The van der Waals surface area contributed by atoms with Gasteiger partial charge in [-0.1, -0.05) is 163 Å². The van der Waals surface area contributed by atoms with Crippen molar-refractivity contribution in [2.24, 2.45) is 0 Å². The average Bonchev–Trinajstić information content (AvgIpc) is 1.52. The second-order valence-corrected chi connectivity index (χ2v) is 12.3. The van der Waals surface area contributed by atoms with Crippen molar-refractivity contribution in [2.75, 3.05) is 0 Å². The molecule has 0 unspecified atom stereocenters. The monoisotopic (exact) mass is 761 g/mol. The predicted molar refractivity (Wildman–Crippen MR) is 242 cm³/mol. The van der Waals surface area contributed by atoms with Gasteiger partial charge in [0.15, 0.2) is 0 Å². The van der Waals surface area contributed by atoms with Crippen LogP contribution in [0.3, 0.4) is 0 Å². The van der Waals surface area contributed by atoms with Crippen LogP contribution in [0.5, 0.6) is 0 Å². The van der Waals surface area contributed by atoms with Crippen molar-refractivity contribution < 1.29 is 46.6 Å². The van der Waals surface area contributed by atoms with Gasteiger partial charge in [0.25, 0.3) is 0 Å². The lowest BCUT2D eigenvalue weighted by Crippen LogP contribution is -1.96. The third kappa shape index (κ3) is 5.57. The van der Waals surface area contributed by atoms with E-state index in [0.29, 0.717) is 9.13 Å². The summed E-state index contributed by atoms with van der Waals surface area (Å²) in [4.78, 5) is 0. The van der Waals surface area contributed by atoms with Crippen molar-refractivity contribution in [3.05, 3.63) is 217 Å². The number of para-hydroxylation sites is 2. The summed E-state index contributed by atoms with van der Waals surface area (Å²) in [6.07, 6.45) is 0. The summed E-state index contributed by atoms with van der Waals surface area (Å²) in [7, 11) is 0. The van der Waals surface area contributed by atoms with Crippen LogP contribution in [-0.4, -0.2) is 9.13 Å². The van der Waals surface area contributed by atoms with Gasteiger partial charge in [0.05, 0.1) is 68.7 Å². The molecule has 0 N–H and O–H groups in total. The van der Waals surface area contributed by atoms with Crippen LogP contribution in [0.4, 0.5) is 0 Å². The molecular formula is C55H38N2. The van der Waals surface area contributed by atoms with E-state index in [-0.39, 0.29) is 5.56 Å². The molecule has 57 heavy (non-hydrogen) atoms. The van der Waals surface area contributed by atoms with E-state index in [1.807, 2.05) is 0 Å². The van der Waals surface area contributed by atoms with Gasteiger partial charge in [-0.05, 0) is 106 Å². The number of hydrogen-bond donors (Lipinski definition) is 0. The van der Waals surface area contributed by atoms with Gasteiger partial charge in [0.1, 0.15) is 0 Å². The van der Waals surface area contributed by atoms with Crippen molar-refractivity contribution in [2.45, 2.75) is 6.92 Å². The second-order valence-electron chi connectivity index (χ2n) is 12.3. The summed E-state index contributed by atoms with van der Waals surface area (Å²) in [6, 6.07) is -32.7. The van der Waals surface area contributed by atoms with Crippen molar-refractivity contribution >= 4 is 43.6 Å². The SMILES string of the molecule is [2H]c1cc([2H])c(-c2c([2H])c([2H])c(-c3c([2H])c([2H])c([2H])c(-n4c5c([2H])c([2H])c([2H])c([2H])c5c5c6c7c([2H])c([2H])c([2H])c([2H])c7n(-c7c([2H])c(-c8c([2H])c([2H])c([2H])c([2H])c8[2H])c([2H])c(-c8c([2H])c([2H])c(C)c([2H])c8[2H])c7[2H])c6c([2H])c([2H])c54)c3[2H])c([2H])c2[2H])c([2H])c1[2H]. The molecule has 11 aromatic rings. The Morgan fingerprint density at radius 3 is 1.42 bits per heavy atom.